The van der Waals surface area contributed by atoms with Gasteiger partial charge in [0.15, 0.2) is 0 Å². The lowest BCUT2D eigenvalue weighted by Crippen LogP contribution is -2.41. The van der Waals surface area contributed by atoms with Crippen molar-refractivity contribution in [1.82, 2.24) is 0 Å². The van der Waals surface area contributed by atoms with Crippen molar-refractivity contribution in [2.75, 3.05) is 30.1 Å². The molecular formula is C13H20N2OS. The van der Waals surface area contributed by atoms with Gasteiger partial charge < -0.3 is 15.4 Å². The zero-order valence-electron chi connectivity index (χ0n) is 10.5. The summed E-state index contributed by atoms with van der Waals surface area (Å²) >= 11 is 2.02. The molecule has 1 aliphatic rings. The molecule has 0 bridgehead atoms. The van der Waals surface area contributed by atoms with Crippen LogP contribution in [-0.4, -0.2) is 31.2 Å². The molecule has 0 spiro atoms. The van der Waals surface area contributed by atoms with Gasteiger partial charge in [-0.1, -0.05) is 6.07 Å². The minimum absolute atomic E-state index is 0.561. The first-order valence-electron chi connectivity index (χ1n) is 5.97. The van der Waals surface area contributed by atoms with Gasteiger partial charge in [0.1, 0.15) is 5.75 Å². The summed E-state index contributed by atoms with van der Waals surface area (Å²) in [5.74, 6) is 3.27. The third-order valence-electron chi connectivity index (χ3n) is 3.19. The van der Waals surface area contributed by atoms with Crippen LogP contribution in [-0.2, 0) is 6.54 Å². The molecule has 3 nitrogen and oxygen atoms in total. The Hall–Kier alpha value is -0.870. The molecule has 4 heteroatoms. The average Bonchev–Trinajstić information content (AvgIpc) is 2.38. The van der Waals surface area contributed by atoms with Gasteiger partial charge in [-0.05, 0) is 18.6 Å². The van der Waals surface area contributed by atoms with Crippen molar-refractivity contribution in [1.29, 1.82) is 0 Å². The lowest BCUT2D eigenvalue weighted by molar-refractivity contribution is 0.414. The molecule has 1 aromatic rings. The molecule has 2 rings (SSSR count). The molecule has 0 radical (unpaired) electrons. The first-order valence-corrected chi connectivity index (χ1v) is 7.13. The van der Waals surface area contributed by atoms with E-state index in [1.807, 2.05) is 17.8 Å². The van der Waals surface area contributed by atoms with Gasteiger partial charge in [0, 0.05) is 42.4 Å². The van der Waals surface area contributed by atoms with Crippen LogP contribution in [0.25, 0.3) is 0 Å². The summed E-state index contributed by atoms with van der Waals surface area (Å²) in [6.45, 7) is 3.94. The largest absolute Gasteiger partial charge is 0.497 e. The van der Waals surface area contributed by atoms with Crippen LogP contribution in [0.15, 0.2) is 18.2 Å². The molecule has 1 heterocycles. The third-order valence-corrected chi connectivity index (χ3v) is 4.38. The highest BCUT2D eigenvalue weighted by Gasteiger charge is 2.21. The Balaban J connectivity index is 2.33. The van der Waals surface area contributed by atoms with Gasteiger partial charge in [0.25, 0.3) is 0 Å². The van der Waals surface area contributed by atoms with Crippen LogP contribution in [0.3, 0.4) is 0 Å². The Bertz CT molecular complexity index is 384. The Morgan fingerprint density at radius 1 is 1.53 bits per heavy atom. The molecule has 1 aliphatic heterocycles. The number of hydrogen-bond donors (Lipinski definition) is 1. The summed E-state index contributed by atoms with van der Waals surface area (Å²) < 4.78 is 5.31. The van der Waals surface area contributed by atoms with E-state index < -0.39 is 0 Å². The maximum Gasteiger partial charge on any atom is 0.120 e. The van der Waals surface area contributed by atoms with Crippen molar-refractivity contribution in [3.8, 4) is 5.75 Å². The molecule has 1 atom stereocenters. The Morgan fingerprint density at radius 2 is 2.35 bits per heavy atom. The minimum Gasteiger partial charge on any atom is -0.497 e. The monoisotopic (exact) mass is 252 g/mol. The molecule has 17 heavy (non-hydrogen) atoms. The van der Waals surface area contributed by atoms with Crippen LogP contribution in [0.4, 0.5) is 5.69 Å². The van der Waals surface area contributed by atoms with Crippen molar-refractivity contribution in [3.05, 3.63) is 23.8 Å². The number of nitrogens with zero attached hydrogens (tertiary/aromatic N) is 1. The van der Waals surface area contributed by atoms with Crippen molar-refractivity contribution in [2.45, 2.75) is 19.5 Å². The predicted molar refractivity (Wildman–Crippen MR) is 75.0 cm³/mol. The van der Waals surface area contributed by atoms with Crippen LogP contribution in [0.2, 0.25) is 0 Å². The maximum atomic E-state index is 5.82. The second-order valence-corrected chi connectivity index (χ2v) is 5.47. The minimum atomic E-state index is 0.561. The highest BCUT2D eigenvalue weighted by atomic mass is 32.2. The highest BCUT2D eigenvalue weighted by molar-refractivity contribution is 7.99. The molecule has 0 saturated carbocycles. The van der Waals surface area contributed by atoms with E-state index in [-0.39, 0.29) is 0 Å². The molecule has 0 aromatic heterocycles. The zero-order valence-corrected chi connectivity index (χ0v) is 11.3. The van der Waals surface area contributed by atoms with Gasteiger partial charge in [-0.2, -0.15) is 11.8 Å². The Morgan fingerprint density at radius 3 is 3.00 bits per heavy atom. The topological polar surface area (TPSA) is 38.5 Å². The molecule has 94 valence electrons. The average molecular weight is 252 g/mol. The van der Waals surface area contributed by atoms with Gasteiger partial charge in [0.2, 0.25) is 0 Å². The molecule has 2 N–H and O–H groups in total. The smallest absolute Gasteiger partial charge is 0.120 e. The number of methoxy groups -OCH3 is 1. The van der Waals surface area contributed by atoms with Gasteiger partial charge in [0.05, 0.1) is 7.11 Å². The molecule has 1 fully saturated rings. The fourth-order valence-corrected chi connectivity index (χ4v) is 3.21. The van der Waals surface area contributed by atoms with E-state index in [2.05, 4.69) is 24.0 Å². The molecular weight excluding hydrogens is 232 g/mol. The van der Waals surface area contributed by atoms with Gasteiger partial charge in [-0.15, -0.1) is 0 Å². The van der Waals surface area contributed by atoms with Crippen molar-refractivity contribution >= 4 is 17.4 Å². The number of anilines is 1. The number of ether oxygens (including phenoxy) is 1. The summed E-state index contributed by atoms with van der Waals surface area (Å²) in [6, 6.07) is 6.72. The number of nitrogens with two attached hydrogens (primary N) is 1. The summed E-state index contributed by atoms with van der Waals surface area (Å²) in [4.78, 5) is 2.45. The highest BCUT2D eigenvalue weighted by Crippen LogP contribution is 2.30. The van der Waals surface area contributed by atoms with Crippen LogP contribution < -0.4 is 15.4 Å². The standard InChI is InChI=1S/C13H20N2OS/c1-10-9-17-6-5-15(10)13-7-12(16-2)4-3-11(13)8-14/h3-4,7,10H,5-6,8-9,14H2,1-2H3. The van der Waals surface area contributed by atoms with Gasteiger partial charge in [-0.3, -0.25) is 0 Å². The second-order valence-electron chi connectivity index (χ2n) is 4.32. The van der Waals surface area contributed by atoms with Crippen LogP contribution in [0, 0.1) is 0 Å². The quantitative estimate of drug-likeness (QED) is 0.894. The Kier molecular flexibility index (Phi) is 4.18. The number of hydrogen-bond acceptors (Lipinski definition) is 4. The fraction of sp³-hybridized carbons (Fsp3) is 0.538. The molecule has 0 aliphatic carbocycles. The van der Waals surface area contributed by atoms with Crippen molar-refractivity contribution < 1.29 is 4.74 Å². The van der Waals surface area contributed by atoms with Gasteiger partial charge >= 0.3 is 0 Å². The summed E-state index contributed by atoms with van der Waals surface area (Å²) in [5.41, 5.74) is 8.26. The van der Waals surface area contributed by atoms with Crippen LogP contribution in [0.1, 0.15) is 12.5 Å². The zero-order chi connectivity index (χ0) is 12.3. The molecule has 1 aromatic carbocycles. The third kappa shape index (κ3) is 2.69. The first kappa shape index (κ1) is 12.6. The van der Waals surface area contributed by atoms with E-state index in [1.165, 1.54) is 22.8 Å². The number of rotatable bonds is 3. The predicted octanol–water partition coefficient (Wildman–Crippen LogP) is 2.10. The normalized spacial score (nSPS) is 20.4. The van der Waals surface area contributed by atoms with Crippen LogP contribution in [0.5, 0.6) is 5.75 Å². The van der Waals surface area contributed by atoms with Crippen molar-refractivity contribution in [3.63, 3.8) is 0 Å². The summed E-state index contributed by atoms with van der Waals surface area (Å²) in [6.07, 6.45) is 0. The van der Waals surface area contributed by atoms with E-state index in [1.54, 1.807) is 7.11 Å². The summed E-state index contributed by atoms with van der Waals surface area (Å²) in [7, 11) is 1.71. The first-order chi connectivity index (χ1) is 8.26. The SMILES string of the molecule is COc1ccc(CN)c(N2CCSCC2C)c1. The van der Waals surface area contributed by atoms with E-state index in [9.17, 15) is 0 Å². The second kappa shape index (κ2) is 5.65. The van der Waals surface area contributed by atoms with E-state index in [4.69, 9.17) is 10.5 Å². The van der Waals surface area contributed by atoms with E-state index in [0.29, 0.717) is 12.6 Å². The lowest BCUT2D eigenvalue weighted by Gasteiger charge is -2.36. The van der Waals surface area contributed by atoms with Crippen LogP contribution >= 0.6 is 11.8 Å². The fourth-order valence-electron chi connectivity index (χ4n) is 2.20. The molecule has 1 saturated heterocycles. The van der Waals surface area contributed by atoms with E-state index >= 15 is 0 Å². The number of thioether (sulfide) groups is 1. The lowest BCUT2D eigenvalue weighted by atomic mass is 10.1. The Labute approximate surface area is 107 Å². The number of benzene rings is 1. The molecule has 1 unspecified atom stereocenters. The maximum absolute atomic E-state index is 5.82. The van der Waals surface area contributed by atoms with Gasteiger partial charge in [-0.25, -0.2) is 0 Å². The summed E-state index contributed by atoms with van der Waals surface area (Å²) in [5, 5.41) is 0. The molecule has 0 amide bonds. The van der Waals surface area contributed by atoms with Crippen molar-refractivity contribution in [2.24, 2.45) is 5.73 Å². The van der Waals surface area contributed by atoms with E-state index in [0.717, 1.165) is 12.3 Å².